The molecule has 0 aliphatic heterocycles. The van der Waals surface area contributed by atoms with E-state index in [1.807, 2.05) is 50.2 Å². The predicted molar refractivity (Wildman–Crippen MR) is 91.3 cm³/mol. The van der Waals surface area contributed by atoms with Gasteiger partial charge in [-0.2, -0.15) is 0 Å². The molecule has 1 heterocycles. The minimum absolute atomic E-state index is 0.248. The van der Waals surface area contributed by atoms with Crippen LogP contribution in [0.15, 0.2) is 51.7 Å². The highest BCUT2D eigenvalue weighted by atomic mass is 16.5. The summed E-state index contributed by atoms with van der Waals surface area (Å²) in [5.74, 6) is -0.733. The van der Waals surface area contributed by atoms with E-state index < -0.39 is 5.76 Å². The van der Waals surface area contributed by atoms with Crippen LogP contribution in [0, 0.1) is 13.8 Å². The fourth-order valence-electron chi connectivity index (χ4n) is 2.79. The minimum Gasteiger partial charge on any atom is -0.462 e. The van der Waals surface area contributed by atoms with Gasteiger partial charge in [0, 0.05) is 6.54 Å². The van der Waals surface area contributed by atoms with E-state index in [2.05, 4.69) is 0 Å². The fraction of sp³-hybridized carbons (Fsp3) is 0.263. The van der Waals surface area contributed by atoms with Gasteiger partial charge in [-0.1, -0.05) is 29.3 Å². The van der Waals surface area contributed by atoms with Crippen molar-refractivity contribution in [2.24, 2.45) is 0 Å². The summed E-state index contributed by atoms with van der Waals surface area (Å²) in [6.07, 6.45) is 0.542. The largest absolute Gasteiger partial charge is 0.462 e. The molecule has 0 unspecified atom stereocenters. The van der Waals surface area contributed by atoms with Crippen molar-refractivity contribution in [2.45, 2.75) is 26.8 Å². The number of carbonyl (C=O) groups is 1. The summed E-state index contributed by atoms with van der Waals surface area (Å²) in [5, 5.41) is 0. The molecule has 0 N–H and O–H groups in total. The molecule has 124 valence electrons. The molecule has 0 radical (unpaired) electrons. The zero-order valence-corrected chi connectivity index (χ0v) is 13.7. The van der Waals surface area contributed by atoms with Crippen molar-refractivity contribution >= 4 is 17.1 Å². The van der Waals surface area contributed by atoms with E-state index in [0.717, 1.165) is 16.6 Å². The number of fused-ring (bicyclic) bond motifs is 1. The average Bonchev–Trinajstić information content (AvgIpc) is 2.86. The maximum atomic E-state index is 12.1. The molecule has 0 amide bonds. The topological polar surface area (TPSA) is 61.4 Å². The number of oxazole rings is 1. The summed E-state index contributed by atoms with van der Waals surface area (Å²) in [4.78, 5) is 23.9. The van der Waals surface area contributed by atoms with Gasteiger partial charge in [0.2, 0.25) is 0 Å². The molecule has 0 bridgehead atoms. The molecular weight excluding hydrogens is 306 g/mol. The summed E-state index contributed by atoms with van der Waals surface area (Å²) in [5.41, 5.74) is 3.92. The molecule has 0 fully saturated rings. The first-order valence-corrected chi connectivity index (χ1v) is 7.88. The van der Waals surface area contributed by atoms with Crippen LogP contribution < -0.4 is 5.76 Å². The highest BCUT2D eigenvalue weighted by Crippen LogP contribution is 2.13. The molecule has 24 heavy (non-hydrogen) atoms. The van der Waals surface area contributed by atoms with E-state index >= 15 is 0 Å². The molecule has 3 aromatic rings. The van der Waals surface area contributed by atoms with Crippen LogP contribution >= 0.6 is 0 Å². The lowest BCUT2D eigenvalue weighted by molar-refractivity contribution is 0.0495. The quantitative estimate of drug-likeness (QED) is 0.532. The van der Waals surface area contributed by atoms with Gasteiger partial charge < -0.3 is 9.15 Å². The third-order valence-electron chi connectivity index (χ3n) is 3.79. The molecule has 0 aliphatic carbocycles. The highest BCUT2D eigenvalue weighted by Gasteiger charge is 2.10. The Hall–Kier alpha value is -2.82. The van der Waals surface area contributed by atoms with E-state index in [9.17, 15) is 9.59 Å². The maximum absolute atomic E-state index is 12.1. The standard InChI is InChI=1S/C19H19NO4/c1-13-10-14(2)12-15(11-13)18(21)23-9-5-8-20-16-6-3-4-7-17(16)24-19(20)22/h3-4,6-7,10-12H,5,8-9H2,1-2H3. The second-order valence-electron chi connectivity index (χ2n) is 5.85. The maximum Gasteiger partial charge on any atom is 0.419 e. The Balaban J connectivity index is 1.59. The molecule has 3 rings (SSSR count). The molecular formula is C19H19NO4. The Bertz CT molecular complexity index is 916. The summed E-state index contributed by atoms with van der Waals surface area (Å²) in [6.45, 7) is 4.58. The lowest BCUT2D eigenvalue weighted by Crippen LogP contribution is -2.16. The van der Waals surface area contributed by atoms with Crippen LogP contribution in [0.25, 0.3) is 11.1 Å². The third kappa shape index (κ3) is 3.40. The van der Waals surface area contributed by atoms with Crippen molar-refractivity contribution in [3.05, 3.63) is 69.7 Å². The number of esters is 1. The van der Waals surface area contributed by atoms with Crippen LogP contribution in [0.1, 0.15) is 27.9 Å². The smallest absolute Gasteiger partial charge is 0.419 e. The van der Waals surface area contributed by atoms with Crippen LogP contribution in [-0.2, 0) is 11.3 Å². The summed E-state index contributed by atoms with van der Waals surface area (Å²) < 4.78 is 12.0. The van der Waals surface area contributed by atoms with Crippen LogP contribution in [0.5, 0.6) is 0 Å². The summed E-state index contributed by atoms with van der Waals surface area (Å²) in [6, 6.07) is 12.9. The average molecular weight is 325 g/mol. The van der Waals surface area contributed by atoms with E-state index in [1.54, 1.807) is 10.6 Å². The van der Waals surface area contributed by atoms with Gasteiger partial charge in [-0.05, 0) is 44.5 Å². The number of carbonyl (C=O) groups excluding carboxylic acids is 1. The molecule has 1 aromatic heterocycles. The predicted octanol–water partition coefficient (Wildman–Crippen LogP) is 3.46. The molecule has 2 aromatic carbocycles. The number of hydrogen-bond donors (Lipinski definition) is 0. The number of ether oxygens (including phenoxy) is 1. The van der Waals surface area contributed by atoms with Crippen LogP contribution in [-0.4, -0.2) is 17.1 Å². The molecule has 5 heteroatoms. The zero-order valence-electron chi connectivity index (χ0n) is 13.7. The summed E-state index contributed by atoms with van der Waals surface area (Å²) in [7, 11) is 0. The molecule has 0 saturated carbocycles. The van der Waals surface area contributed by atoms with E-state index in [4.69, 9.17) is 9.15 Å². The first kappa shape index (κ1) is 16.1. The van der Waals surface area contributed by atoms with Gasteiger partial charge in [0.1, 0.15) is 0 Å². The Morgan fingerprint density at radius 2 is 1.83 bits per heavy atom. The first-order chi connectivity index (χ1) is 11.5. The lowest BCUT2D eigenvalue weighted by atomic mass is 10.1. The van der Waals surface area contributed by atoms with E-state index in [1.165, 1.54) is 0 Å². The van der Waals surface area contributed by atoms with Crippen molar-refractivity contribution < 1.29 is 13.9 Å². The number of aryl methyl sites for hydroxylation is 3. The van der Waals surface area contributed by atoms with E-state index in [-0.39, 0.29) is 12.6 Å². The minimum atomic E-state index is -0.392. The Morgan fingerprint density at radius 3 is 2.58 bits per heavy atom. The van der Waals surface area contributed by atoms with Crippen LogP contribution in [0.4, 0.5) is 0 Å². The summed E-state index contributed by atoms with van der Waals surface area (Å²) >= 11 is 0. The number of nitrogens with zero attached hydrogens (tertiary/aromatic N) is 1. The van der Waals surface area contributed by atoms with Crippen molar-refractivity contribution in [2.75, 3.05) is 6.61 Å². The highest BCUT2D eigenvalue weighted by molar-refractivity contribution is 5.89. The van der Waals surface area contributed by atoms with Crippen LogP contribution in [0.2, 0.25) is 0 Å². The zero-order chi connectivity index (χ0) is 17.1. The SMILES string of the molecule is Cc1cc(C)cc(C(=O)OCCCn2c(=O)oc3ccccc32)c1. The second-order valence-corrected chi connectivity index (χ2v) is 5.85. The van der Waals surface area contributed by atoms with E-state index in [0.29, 0.717) is 24.1 Å². The van der Waals surface area contributed by atoms with Gasteiger partial charge in [0.05, 0.1) is 17.7 Å². The van der Waals surface area contributed by atoms with Gasteiger partial charge >= 0.3 is 11.7 Å². The lowest BCUT2D eigenvalue weighted by Gasteiger charge is -2.07. The fourth-order valence-corrected chi connectivity index (χ4v) is 2.79. The van der Waals surface area contributed by atoms with Gasteiger partial charge in [-0.3, -0.25) is 4.57 Å². The number of rotatable bonds is 5. The normalized spacial score (nSPS) is 10.9. The molecule has 0 atom stereocenters. The Labute approximate surface area is 139 Å². The Kier molecular flexibility index (Phi) is 4.51. The van der Waals surface area contributed by atoms with Gasteiger partial charge in [-0.15, -0.1) is 0 Å². The van der Waals surface area contributed by atoms with Crippen LogP contribution in [0.3, 0.4) is 0 Å². The number of hydrogen-bond acceptors (Lipinski definition) is 4. The molecule has 0 saturated heterocycles. The first-order valence-electron chi connectivity index (χ1n) is 7.88. The monoisotopic (exact) mass is 325 g/mol. The number of benzene rings is 2. The molecule has 5 nitrogen and oxygen atoms in total. The van der Waals surface area contributed by atoms with Crippen molar-refractivity contribution in [3.8, 4) is 0 Å². The van der Waals surface area contributed by atoms with Gasteiger partial charge in [0.25, 0.3) is 0 Å². The van der Waals surface area contributed by atoms with Crippen molar-refractivity contribution in [3.63, 3.8) is 0 Å². The third-order valence-corrected chi connectivity index (χ3v) is 3.79. The Morgan fingerprint density at radius 1 is 1.12 bits per heavy atom. The van der Waals surface area contributed by atoms with Gasteiger partial charge in [-0.25, -0.2) is 9.59 Å². The number of para-hydroxylation sites is 2. The molecule has 0 spiro atoms. The second kappa shape index (κ2) is 6.74. The molecule has 0 aliphatic rings. The van der Waals surface area contributed by atoms with Crippen molar-refractivity contribution in [1.29, 1.82) is 0 Å². The van der Waals surface area contributed by atoms with Crippen molar-refractivity contribution in [1.82, 2.24) is 4.57 Å². The number of aromatic nitrogens is 1. The van der Waals surface area contributed by atoms with Gasteiger partial charge in [0.15, 0.2) is 5.58 Å².